The summed E-state index contributed by atoms with van der Waals surface area (Å²) in [6.45, 7) is 0.488. The maximum atomic E-state index is 11.4. The molecular weight excluding hydrogens is 190 g/mol. The number of hydrogen-bond acceptors (Lipinski definition) is 2. The first-order valence-electron chi connectivity index (χ1n) is 4.63. The van der Waals surface area contributed by atoms with Crippen LogP contribution >= 0.6 is 11.6 Å². The van der Waals surface area contributed by atoms with Crippen LogP contribution < -0.4 is 5.32 Å². The first-order valence-corrected chi connectivity index (χ1v) is 5.16. The lowest BCUT2D eigenvalue weighted by atomic mass is 9.84. The smallest absolute Gasteiger partial charge is 0.223 e. The first-order chi connectivity index (χ1) is 6.27. The predicted molar refractivity (Wildman–Crippen MR) is 51.9 cm³/mol. The van der Waals surface area contributed by atoms with Gasteiger partial charge in [0.1, 0.15) is 0 Å². The van der Waals surface area contributed by atoms with Crippen LogP contribution in [0, 0.1) is 5.92 Å². The lowest BCUT2D eigenvalue weighted by Gasteiger charge is -2.26. The standard InChI is InChI=1S/C9H16ClNO2/c1-13-6-8(5-10)11-9(12)7-3-2-4-7/h7-8H,2-6H2,1H3,(H,11,12). The van der Waals surface area contributed by atoms with Gasteiger partial charge in [0.25, 0.3) is 0 Å². The van der Waals surface area contributed by atoms with Gasteiger partial charge in [-0.1, -0.05) is 6.42 Å². The zero-order valence-electron chi connectivity index (χ0n) is 7.88. The Hall–Kier alpha value is -0.280. The van der Waals surface area contributed by atoms with Crippen molar-refractivity contribution in [1.82, 2.24) is 5.32 Å². The second-order valence-corrected chi connectivity index (χ2v) is 3.75. The minimum absolute atomic E-state index is 0.0419. The molecule has 1 N–H and O–H groups in total. The van der Waals surface area contributed by atoms with Crippen LogP contribution in [0.1, 0.15) is 19.3 Å². The summed E-state index contributed by atoms with van der Waals surface area (Å²) in [5, 5.41) is 2.87. The van der Waals surface area contributed by atoms with E-state index in [0.717, 1.165) is 12.8 Å². The van der Waals surface area contributed by atoms with Gasteiger partial charge in [-0.25, -0.2) is 0 Å². The highest BCUT2D eigenvalue weighted by molar-refractivity contribution is 6.18. The Balaban J connectivity index is 2.23. The van der Waals surface area contributed by atoms with Gasteiger partial charge < -0.3 is 10.1 Å². The van der Waals surface area contributed by atoms with Gasteiger partial charge in [0.15, 0.2) is 0 Å². The molecule has 1 saturated carbocycles. The number of carbonyl (C=O) groups is 1. The minimum atomic E-state index is -0.0419. The summed E-state index contributed by atoms with van der Waals surface area (Å²) in [5.41, 5.74) is 0. The van der Waals surface area contributed by atoms with Gasteiger partial charge in [0.2, 0.25) is 5.91 Å². The highest BCUT2D eigenvalue weighted by atomic mass is 35.5. The van der Waals surface area contributed by atoms with Gasteiger partial charge in [-0.3, -0.25) is 4.79 Å². The molecule has 0 heterocycles. The van der Waals surface area contributed by atoms with E-state index in [1.807, 2.05) is 0 Å². The van der Waals surface area contributed by atoms with Crippen LogP contribution in [0.4, 0.5) is 0 Å². The lowest BCUT2D eigenvalue weighted by Crippen LogP contribution is -2.44. The Kier molecular flexibility index (Phi) is 4.53. The Morgan fingerprint density at radius 2 is 2.38 bits per heavy atom. The van der Waals surface area contributed by atoms with E-state index in [-0.39, 0.29) is 17.9 Å². The van der Waals surface area contributed by atoms with Crippen molar-refractivity contribution >= 4 is 17.5 Å². The van der Waals surface area contributed by atoms with E-state index in [1.165, 1.54) is 6.42 Å². The Morgan fingerprint density at radius 1 is 1.69 bits per heavy atom. The molecule has 1 atom stereocenters. The number of halogens is 1. The van der Waals surface area contributed by atoms with Gasteiger partial charge >= 0.3 is 0 Å². The summed E-state index contributed by atoms with van der Waals surface area (Å²) in [6.07, 6.45) is 3.22. The van der Waals surface area contributed by atoms with Gasteiger partial charge in [0.05, 0.1) is 12.6 Å². The molecule has 0 aliphatic heterocycles. The van der Waals surface area contributed by atoms with Gasteiger partial charge in [0, 0.05) is 18.9 Å². The number of carbonyl (C=O) groups excluding carboxylic acids is 1. The molecule has 1 amide bonds. The third kappa shape index (κ3) is 3.16. The quantitative estimate of drug-likeness (QED) is 0.684. The second kappa shape index (κ2) is 5.45. The maximum Gasteiger partial charge on any atom is 0.223 e. The number of rotatable bonds is 5. The zero-order valence-corrected chi connectivity index (χ0v) is 8.64. The van der Waals surface area contributed by atoms with E-state index in [1.54, 1.807) is 7.11 Å². The molecule has 4 heteroatoms. The fourth-order valence-electron chi connectivity index (χ4n) is 1.32. The monoisotopic (exact) mass is 205 g/mol. The molecule has 0 aromatic rings. The van der Waals surface area contributed by atoms with Crippen molar-refractivity contribution in [3.8, 4) is 0 Å². The maximum absolute atomic E-state index is 11.4. The molecule has 3 nitrogen and oxygen atoms in total. The number of nitrogens with one attached hydrogen (secondary N) is 1. The summed E-state index contributed by atoms with van der Waals surface area (Å²) >= 11 is 5.66. The number of hydrogen-bond donors (Lipinski definition) is 1. The Morgan fingerprint density at radius 3 is 2.77 bits per heavy atom. The van der Waals surface area contributed by atoms with Gasteiger partial charge in [-0.2, -0.15) is 0 Å². The van der Waals surface area contributed by atoms with E-state index < -0.39 is 0 Å². The molecule has 0 bridgehead atoms. The van der Waals surface area contributed by atoms with E-state index in [9.17, 15) is 4.79 Å². The number of amides is 1. The SMILES string of the molecule is COCC(CCl)NC(=O)C1CCC1. The number of ether oxygens (including phenoxy) is 1. The van der Waals surface area contributed by atoms with Gasteiger partial charge in [-0.15, -0.1) is 11.6 Å². The molecule has 1 aliphatic rings. The van der Waals surface area contributed by atoms with Crippen LogP contribution in [-0.4, -0.2) is 31.5 Å². The summed E-state index contributed by atoms with van der Waals surface area (Å²) in [6, 6.07) is -0.0419. The molecular formula is C9H16ClNO2. The molecule has 1 fully saturated rings. The average Bonchev–Trinajstić information content (AvgIpc) is 2.00. The topological polar surface area (TPSA) is 38.3 Å². The van der Waals surface area contributed by atoms with Crippen molar-refractivity contribution in [2.24, 2.45) is 5.92 Å². The molecule has 76 valence electrons. The summed E-state index contributed by atoms with van der Waals surface area (Å²) in [7, 11) is 1.61. The second-order valence-electron chi connectivity index (χ2n) is 3.44. The molecule has 1 unspecified atom stereocenters. The van der Waals surface area contributed by atoms with E-state index in [0.29, 0.717) is 12.5 Å². The summed E-state index contributed by atoms with van der Waals surface area (Å²) in [5.74, 6) is 0.767. The molecule has 13 heavy (non-hydrogen) atoms. The first kappa shape index (κ1) is 10.8. The highest BCUT2D eigenvalue weighted by Crippen LogP contribution is 2.26. The fourth-order valence-corrected chi connectivity index (χ4v) is 1.48. The van der Waals surface area contributed by atoms with Crippen molar-refractivity contribution in [1.29, 1.82) is 0 Å². The van der Waals surface area contributed by atoms with Crippen LogP contribution in [-0.2, 0) is 9.53 Å². The third-order valence-corrected chi connectivity index (χ3v) is 2.75. The van der Waals surface area contributed by atoms with Crippen molar-refractivity contribution in [2.45, 2.75) is 25.3 Å². The molecule has 1 rings (SSSR count). The zero-order chi connectivity index (χ0) is 9.68. The van der Waals surface area contributed by atoms with E-state index in [4.69, 9.17) is 16.3 Å². The summed E-state index contributed by atoms with van der Waals surface area (Å²) in [4.78, 5) is 11.4. The molecule has 0 aromatic heterocycles. The minimum Gasteiger partial charge on any atom is -0.383 e. The molecule has 0 spiro atoms. The number of methoxy groups -OCH3 is 1. The Bertz CT molecular complexity index is 171. The summed E-state index contributed by atoms with van der Waals surface area (Å²) < 4.78 is 4.93. The van der Waals surface area contributed by atoms with Crippen LogP contribution in [0.2, 0.25) is 0 Å². The Labute approximate surface area is 83.8 Å². The number of alkyl halides is 1. The van der Waals surface area contributed by atoms with Crippen LogP contribution in [0.5, 0.6) is 0 Å². The lowest BCUT2D eigenvalue weighted by molar-refractivity contribution is -0.128. The third-order valence-electron chi connectivity index (χ3n) is 2.38. The molecule has 0 saturated heterocycles. The van der Waals surface area contributed by atoms with Crippen molar-refractivity contribution in [2.75, 3.05) is 19.6 Å². The fraction of sp³-hybridized carbons (Fsp3) is 0.889. The van der Waals surface area contributed by atoms with Crippen molar-refractivity contribution < 1.29 is 9.53 Å². The van der Waals surface area contributed by atoms with Crippen LogP contribution in [0.15, 0.2) is 0 Å². The van der Waals surface area contributed by atoms with Crippen LogP contribution in [0.25, 0.3) is 0 Å². The van der Waals surface area contributed by atoms with E-state index >= 15 is 0 Å². The molecule has 0 aromatic carbocycles. The predicted octanol–water partition coefficient (Wildman–Crippen LogP) is 1.16. The van der Waals surface area contributed by atoms with Crippen LogP contribution in [0.3, 0.4) is 0 Å². The van der Waals surface area contributed by atoms with Crippen molar-refractivity contribution in [3.63, 3.8) is 0 Å². The highest BCUT2D eigenvalue weighted by Gasteiger charge is 2.26. The van der Waals surface area contributed by atoms with Gasteiger partial charge in [-0.05, 0) is 12.8 Å². The van der Waals surface area contributed by atoms with Crippen molar-refractivity contribution in [3.05, 3.63) is 0 Å². The molecule has 0 radical (unpaired) electrons. The largest absolute Gasteiger partial charge is 0.383 e. The molecule has 1 aliphatic carbocycles. The average molecular weight is 206 g/mol. The van der Waals surface area contributed by atoms with E-state index in [2.05, 4.69) is 5.32 Å². The normalized spacial score (nSPS) is 19.2.